The smallest absolute Gasteiger partial charge is 0.307 e. The first-order valence-corrected chi connectivity index (χ1v) is 6.19. The van der Waals surface area contributed by atoms with Crippen LogP contribution in [-0.2, 0) is 17.6 Å². The van der Waals surface area contributed by atoms with Crippen LogP contribution in [0, 0.1) is 5.92 Å². The van der Waals surface area contributed by atoms with E-state index in [-0.39, 0.29) is 6.42 Å². The molecule has 1 aromatic carbocycles. The van der Waals surface area contributed by atoms with Crippen molar-refractivity contribution in [2.24, 2.45) is 11.1 Å². The standard InChI is InChI=1S/C14H17NO3/c16-14(17)9-11-6-4-10(5-7-11)8-12-2-1-3-13(12)15-18/h4-7,12,18H,1-3,8-9H2,(H,16,17)/b15-13-. The van der Waals surface area contributed by atoms with Gasteiger partial charge < -0.3 is 10.3 Å². The maximum absolute atomic E-state index is 10.6. The number of carbonyl (C=O) groups is 1. The minimum absolute atomic E-state index is 0.0626. The molecule has 1 aliphatic carbocycles. The van der Waals surface area contributed by atoms with Crippen LogP contribution in [0.1, 0.15) is 30.4 Å². The quantitative estimate of drug-likeness (QED) is 0.634. The predicted molar refractivity (Wildman–Crippen MR) is 68.0 cm³/mol. The molecule has 0 radical (unpaired) electrons. The summed E-state index contributed by atoms with van der Waals surface area (Å²) in [5.74, 6) is -0.478. The molecule has 1 aromatic rings. The second-order valence-electron chi connectivity index (χ2n) is 4.77. The fourth-order valence-electron chi connectivity index (χ4n) is 2.50. The van der Waals surface area contributed by atoms with E-state index in [4.69, 9.17) is 10.3 Å². The first kappa shape index (κ1) is 12.6. The van der Waals surface area contributed by atoms with Gasteiger partial charge in [-0.3, -0.25) is 4.79 Å². The van der Waals surface area contributed by atoms with Crippen molar-refractivity contribution >= 4 is 11.7 Å². The van der Waals surface area contributed by atoms with E-state index in [0.717, 1.165) is 42.5 Å². The number of oxime groups is 1. The fourth-order valence-corrected chi connectivity index (χ4v) is 2.50. The molecule has 2 rings (SSSR count). The summed E-state index contributed by atoms with van der Waals surface area (Å²) in [4.78, 5) is 10.6. The lowest BCUT2D eigenvalue weighted by Gasteiger charge is -2.10. The molecule has 18 heavy (non-hydrogen) atoms. The fraction of sp³-hybridized carbons (Fsp3) is 0.429. The molecule has 1 atom stereocenters. The van der Waals surface area contributed by atoms with Crippen molar-refractivity contribution in [3.05, 3.63) is 35.4 Å². The van der Waals surface area contributed by atoms with Gasteiger partial charge in [-0.05, 0) is 36.8 Å². The lowest BCUT2D eigenvalue weighted by molar-refractivity contribution is -0.136. The highest BCUT2D eigenvalue weighted by Crippen LogP contribution is 2.26. The Hall–Kier alpha value is -1.84. The van der Waals surface area contributed by atoms with E-state index in [1.54, 1.807) is 0 Å². The third-order valence-corrected chi connectivity index (χ3v) is 3.45. The zero-order valence-electron chi connectivity index (χ0n) is 10.2. The number of aliphatic carboxylic acids is 1. The van der Waals surface area contributed by atoms with Gasteiger partial charge in [0.1, 0.15) is 0 Å². The summed E-state index contributed by atoms with van der Waals surface area (Å²) in [5, 5.41) is 20.9. The average Bonchev–Trinajstić information content (AvgIpc) is 2.78. The van der Waals surface area contributed by atoms with Gasteiger partial charge in [-0.15, -0.1) is 0 Å². The Morgan fingerprint density at radius 1 is 1.28 bits per heavy atom. The van der Waals surface area contributed by atoms with Crippen LogP contribution in [0.4, 0.5) is 0 Å². The Kier molecular flexibility index (Phi) is 3.97. The summed E-state index contributed by atoms with van der Waals surface area (Å²) in [6, 6.07) is 7.64. The van der Waals surface area contributed by atoms with Gasteiger partial charge in [-0.25, -0.2) is 0 Å². The van der Waals surface area contributed by atoms with E-state index in [9.17, 15) is 4.79 Å². The van der Waals surface area contributed by atoms with Gasteiger partial charge in [0.05, 0.1) is 12.1 Å². The van der Waals surface area contributed by atoms with Gasteiger partial charge in [-0.2, -0.15) is 0 Å². The molecule has 96 valence electrons. The largest absolute Gasteiger partial charge is 0.481 e. The Labute approximate surface area is 106 Å². The van der Waals surface area contributed by atoms with Crippen molar-refractivity contribution in [3.8, 4) is 0 Å². The maximum atomic E-state index is 10.6. The number of hydrogen-bond donors (Lipinski definition) is 2. The summed E-state index contributed by atoms with van der Waals surface area (Å²) < 4.78 is 0. The van der Waals surface area contributed by atoms with Crippen molar-refractivity contribution in [1.29, 1.82) is 0 Å². The highest BCUT2D eigenvalue weighted by atomic mass is 16.4. The van der Waals surface area contributed by atoms with E-state index in [2.05, 4.69) is 5.16 Å². The number of carboxylic acid groups (broad SMARTS) is 1. The van der Waals surface area contributed by atoms with E-state index >= 15 is 0 Å². The molecule has 0 aromatic heterocycles. The predicted octanol–water partition coefficient (Wildman–Crippen LogP) is 2.49. The van der Waals surface area contributed by atoms with Crippen molar-refractivity contribution in [2.45, 2.75) is 32.1 Å². The highest BCUT2D eigenvalue weighted by molar-refractivity contribution is 5.88. The van der Waals surface area contributed by atoms with Gasteiger partial charge in [0.2, 0.25) is 0 Å². The minimum Gasteiger partial charge on any atom is -0.481 e. The molecule has 4 nitrogen and oxygen atoms in total. The van der Waals surface area contributed by atoms with Gasteiger partial charge in [0.25, 0.3) is 0 Å². The molecule has 0 saturated heterocycles. The minimum atomic E-state index is -0.812. The van der Waals surface area contributed by atoms with Crippen LogP contribution in [-0.4, -0.2) is 22.0 Å². The summed E-state index contributed by atoms with van der Waals surface area (Å²) in [5.41, 5.74) is 2.87. The Bertz CT molecular complexity index is 451. The van der Waals surface area contributed by atoms with Gasteiger partial charge >= 0.3 is 5.97 Å². The van der Waals surface area contributed by atoms with E-state index in [0.29, 0.717) is 5.92 Å². The topological polar surface area (TPSA) is 69.9 Å². The average molecular weight is 247 g/mol. The molecule has 4 heteroatoms. The van der Waals surface area contributed by atoms with E-state index < -0.39 is 5.97 Å². The number of carboxylic acids is 1. The van der Waals surface area contributed by atoms with Crippen molar-refractivity contribution in [3.63, 3.8) is 0 Å². The molecule has 0 amide bonds. The van der Waals surface area contributed by atoms with Crippen LogP contribution in [0.15, 0.2) is 29.4 Å². The Balaban J connectivity index is 2.00. The molecular formula is C14H17NO3. The number of hydrogen-bond acceptors (Lipinski definition) is 3. The molecule has 1 aliphatic rings. The van der Waals surface area contributed by atoms with Gasteiger partial charge in [0.15, 0.2) is 0 Å². The summed E-state index contributed by atoms with van der Waals surface area (Å²) >= 11 is 0. The van der Waals surface area contributed by atoms with E-state index in [1.165, 1.54) is 0 Å². The molecule has 1 fully saturated rings. The Morgan fingerprint density at radius 2 is 1.94 bits per heavy atom. The first-order valence-electron chi connectivity index (χ1n) is 6.19. The third kappa shape index (κ3) is 3.09. The molecule has 1 unspecified atom stereocenters. The number of rotatable bonds is 4. The molecule has 0 bridgehead atoms. The molecule has 0 aliphatic heterocycles. The lowest BCUT2D eigenvalue weighted by Crippen LogP contribution is -2.10. The summed E-state index contributed by atoms with van der Waals surface area (Å²) in [6.07, 6.45) is 3.97. The molecule has 0 spiro atoms. The van der Waals surface area contributed by atoms with Crippen molar-refractivity contribution in [2.75, 3.05) is 0 Å². The molecule has 0 heterocycles. The van der Waals surface area contributed by atoms with Crippen LogP contribution in [0.25, 0.3) is 0 Å². The van der Waals surface area contributed by atoms with Crippen molar-refractivity contribution in [1.82, 2.24) is 0 Å². The van der Waals surface area contributed by atoms with Crippen LogP contribution < -0.4 is 0 Å². The first-order chi connectivity index (χ1) is 8.69. The van der Waals surface area contributed by atoms with Crippen LogP contribution in [0.5, 0.6) is 0 Å². The second-order valence-corrected chi connectivity index (χ2v) is 4.77. The lowest BCUT2D eigenvalue weighted by atomic mass is 9.96. The Morgan fingerprint density at radius 3 is 2.56 bits per heavy atom. The normalized spacial score (nSPS) is 21.3. The summed E-state index contributed by atoms with van der Waals surface area (Å²) in [6.45, 7) is 0. The third-order valence-electron chi connectivity index (χ3n) is 3.45. The van der Waals surface area contributed by atoms with Gasteiger partial charge in [0, 0.05) is 5.92 Å². The van der Waals surface area contributed by atoms with Crippen LogP contribution in [0.2, 0.25) is 0 Å². The van der Waals surface area contributed by atoms with E-state index in [1.807, 2.05) is 24.3 Å². The second kappa shape index (κ2) is 5.67. The monoisotopic (exact) mass is 247 g/mol. The molecule has 1 saturated carbocycles. The van der Waals surface area contributed by atoms with Crippen molar-refractivity contribution < 1.29 is 15.1 Å². The maximum Gasteiger partial charge on any atom is 0.307 e. The summed E-state index contributed by atoms with van der Waals surface area (Å²) in [7, 11) is 0. The van der Waals surface area contributed by atoms with Crippen LogP contribution in [0.3, 0.4) is 0 Å². The number of nitrogens with zero attached hydrogens (tertiary/aromatic N) is 1. The number of benzene rings is 1. The zero-order chi connectivity index (χ0) is 13.0. The van der Waals surface area contributed by atoms with Crippen LogP contribution >= 0.6 is 0 Å². The zero-order valence-corrected chi connectivity index (χ0v) is 10.2. The van der Waals surface area contributed by atoms with Gasteiger partial charge in [-0.1, -0.05) is 29.4 Å². The highest BCUT2D eigenvalue weighted by Gasteiger charge is 2.23. The molecular weight excluding hydrogens is 230 g/mol. The SMILES string of the molecule is O=C(O)Cc1ccc(CC2CCC/C2=N/O)cc1. The molecule has 2 N–H and O–H groups in total.